The summed E-state index contributed by atoms with van der Waals surface area (Å²) in [5, 5.41) is 12.6. The topological polar surface area (TPSA) is 67.8 Å². The van der Waals surface area contributed by atoms with Gasteiger partial charge in [-0.25, -0.2) is 0 Å². The highest BCUT2D eigenvalue weighted by molar-refractivity contribution is 6.35. The molecule has 7 heteroatoms. The van der Waals surface area contributed by atoms with Gasteiger partial charge in [0.1, 0.15) is 5.75 Å². The lowest BCUT2D eigenvalue weighted by molar-refractivity contribution is -0.123. The fraction of sp³-hybridized carbons (Fsp3) is 0.316. The van der Waals surface area contributed by atoms with Crippen LogP contribution in [0, 0.1) is 6.92 Å². The summed E-state index contributed by atoms with van der Waals surface area (Å²) in [5.74, 6) is 0.0820. The van der Waals surface area contributed by atoms with E-state index in [-0.39, 0.29) is 38.4 Å². The summed E-state index contributed by atoms with van der Waals surface area (Å²) in [6.07, 6.45) is -0.356. The van der Waals surface area contributed by atoms with Gasteiger partial charge in [-0.05, 0) is 30.7 Å². The van der Waals surface area contributed by atoms with Gasteiger partial charge in [0, 0.05) is 11.6 Å². The van der Waals surface area contributed by atoms with Gasteiger partial charge in [-0.3, -0.25) is 4.79 Å². The van der Waals surface area contributed by atoms with E-state index < -0.39 is 0 Å². The number of carbonyl (C=O) groups is 1. The van der Waals surface area contributed by atoms with Crippen LogP contribution < -0.4 is 10.1 Å². The number of aliphatic hydroxyl groups excluding tert-OH is 1. The summed E-state index contributed by atoms with van der Waals surface area (Å²) >= 11 is 11.8. The number of aryl methyl sites for hydroxylation is 1. The number of halogens is 2. The maximum Gasteiger partial charge on any atom is 0.258 e. The van der Waals surface area contributed by atoms with Crippen molar-refractivity contribution >= 4 is 29.1 Å². The zero-order valence-electron chi connectivity index (χ0n) is 14.4. The maximum atomic E-state index is 12.0. The van der Waals surface area contributed by atoms with Crippen molar-refractivity contribution in [2.45, 2.75) is 13.0 Å². The third-order valence-electron chi connectivity index (χ3n) is 3.60. The molecule has 0 heterocycles. The average Bonchev–Trinajstić information content (AvgIpc) is 2.62. The highest BCUT2D eigenvalue weighted by Crippen LogP contribution is 2.27. The van der Waals surface area contributed by atoms with Crippen molar-refractivity contribution in [3.8, 4) is 5.75 Å². The second-order valence-electron chi connectivity index (χ2n) is 5.66. The van der Waals surface area contributed by atoms with E-state index in [1.807, 2.05) is 31.2 Å². The number of nitrogens with one attached hydrogen (secondary N) is 1. The summed E-state index contributed by atoms with van der Waals surface area (Å²) < 4.78 is 11.0. The standard InChI is InChI=1S/C19H21Cl2NO4/c1-13-2-4-14(5-3-13)18(25-9-8-23)11-22-19(24)12-26-17-7-6-15(20)10-16(17)21/h2-7,10,18,23H,8-9,11-12H2,1H3,(H,22,24). The molecule has 1 atom stereocenters. The zero-order valence-corrected chi connectivity index (χ0v) is 15.9. The summed E-state index contributed by atoms with van der Waals surface area (Å²) in [5.41, 5.74) is 2.05. The summed E-state index contributed by atoms with van der Waals surface area (Å²) in [6.45, 7) is 2.18. The Labute approximate surface area is 162 Å². The maximum absolute atomic E-state index is 12.0. The van der Waals surface area contributed by atoms with Crippen molar-refractivity contribution in [3.05, 3.63) is 63.6 Å². The van der Waals surface area contributed by atoms with E-state index in [2.05, 4.69) is 5.32 Å². The van der Waals surface area contributed by atoms with Crippen molar-refractivity contribution in [1.29, 1.82) is 0 Å². The van der Waals surface area contributed by atoms with E-state index in [0.29, 0.717) is 15.8 Å². The van der Waals surface area contributed by atoms with Gasteiger partial charge in [0.05, 0.1) is 24.3 Å². The third kappa shape index (κ3) is 6.50. The summed E-state index contributed by atoms with van der Waals surface area (Å²) in [6, 6.07) is 12.6. The van der Waals surface area contributed by atoms with Crippen LogP contribution in [0.1, 0.15) is 17.2 Å². The first-order valence-corrected chi connectivity index (χ1v) is 8.88. The first kappa shape index (κ1) is 20.5. The van der Waals surface area contributed by atoms with Gasteiger partial charge in [0.2, 0.25) is 0 Å². The quantitative estimate of drug-likeness (QED) is 0.678. The third-order valence-corrected chi connectivity index (χ3v) is 4.13. The van der Waals surface area contributed by atoms with Gasteiger partial charge >= 0.3 is 0 Å². The molecule has 2 aromatic carbocycles. The van der Waals surface area contributed by atoms with Crippen LogP contribution in [0.15, 0.2) is 42.5 Å². The predicted molar refractivity (Wildman–Crippen MR) is 102 cm³/mol. The molecule has 1 unspecified atom stereocenters. The Morgan fingerprint density at radius 1 is 1.19 bits per heavy atom. The lowest BCUT2D eigenvalue weighted by Crippen LogP contribution is -2.33. The van der Waals surface area contributed by atoms with Crippen LogP contribution in [0.2, 0.25) is 10.0 Å². The Bertz CT molecular complexity index is 722. The monoisotopic (exact) mass is 397 g/mol. The Balaban J connectivity index is 1.88. The summed E-state index contributed by atoms with van der Waals surface area (Å²) in [7, 11) is 0. The van der Waals surface area contributed by atoms with Gasteiger partial charge in [0.25, 0.3) is 5.91 Å². The lowest BCUT2D eigenvalue weighted by atomic mass is 10.1. The van der Waals surface area contributed by atoms with Crippen molar-refractivity contribution in [1.82, 2.24) is 5.32 Å². The molecule has 1 amide bonds. The van der Waals surface area contributed by atoms with E-state index in [9.17, 15) is 4.79 Å². The molecule has 0 aliphatic carbocycles. The van der Waals surface area contributed by atoms with E-state index in [0.717, 1.165) is 11.1 Å². The Morgan fingerprint density at radius 2 is 1.92 bits per heavy atom. The number of ether oxygens (including phenoxy) is 2. The molecule has 26 heavy (non-hydrogen) atoms. The number of benzene rings is 2. The van der Waals surface area contributed by atoms with E-state index >= 15 is 0 Å². The highest BCUT2D eigenvalue weighted by atomic mass is 35.5. The minimum absolute atomic E-state index is 0.0888. The largest absolute Gasteiger partial charge is 0.482 e. The van der Waals surface area contributed by atoms with Gasteiger partial charge in [-0.2, -0.15) is 0 Å². The molecule has 0 saturated carbocycles. The van der Waals surface area contributed by atoms with Crippen molar-refractivity contribution in [3.63, 3.8) is 0 Å². The molecule has 2 rings (SSSR count). The van der Waals surface area contributed by atoms with E-state index in [1.54, 1.807) is 18.2 Å². The molecule has 0 saturated heterocycles. The minimum Gasteiger partial charge on any atom is -0.482 e. The van der Waals surface area contributed by atoms with Gasteiger partial charge in [0.15, 0.2) is 6.61 Å². The predicted octanol–water partition coefficient (Wildman–Crippen LogP) is 3.55. The van der Waals surface area contributed by atoms with Crippen LogP contribution in [0.25, 0.3) is 0 Å². The fourth-order valence-electron chi connectivity index (χ4n) is 2.24. The number of hydrogen-bond donors (Lipinski definition) is 2. The van der Waals surface area contributed by atoms with Crippen LogP contribution >= 0.6 is 23.2 Å². The second kappa shape index (κ2) is 10.4. The van der Waals surface area contributed by atoms with Crippen molar-refractivity contribution in [2.75, 3.05) is 26.4 Å². The van der Waals surface area contributed by atoms with Gasteiger partial charge in [-0.15, -0.1) is 0 Å². The van der Waals surface area contributed by atoms with Crippen LogP contribution in [-0.4, -0.2) is 37.4 Å². The van der Waals surface area contributed by atoms with Crippen LogP contribution in [-0.2, 0) is 9.53 Å². The molecule has 0 fully saturated rings. The Morgan fingerprint density at radius 3 is 2.58 bits per heavy atom. The normalized spacial score (nSPS) is 11.8. The first-order valence-electron chi connectivity index (χ1n) is 8.13. The Hall–Kier alpha value is -1.79. The van der Waals surface area contributed by atoms with Crippen LogP contribution in [0.3, 0.4) is 0 Å². The molecule has 0 aliphatic rings. The van der Waals surface area contributed by atoms with E-state index in [1.165, 1.54) is 0 Å². The molecule has 2 aromatic rings. The molecule has 0 bridgehead atoms. The number of amides is 1. The SMILES string of the molecule is Cc1ccc(C(CNC(=O)COc2ccc(Cl)cc2Cl)OCCO)cc1. The molecular formula is C19H21Cl2NO4. The highest BCUT2D eigenvalue weighted by Gasteiger charge is 2.14. The fourth-order valence-corrected chi connectivity index (χ4v) is 2.71. The average molecular weight is 398 g/mol. The smallest absolute Gasteiger partial charge is 0.258 e. The molecule has 0 spiro atoms. The molecule has 5 nitrogen and oxygen atoms in total. The number of aliphatic hydroxyl groups is 1. The number of hydrogen-bond acceptors (Lipinski definition) is 4. The molecule has 140 valence electrons. The lowest BCUT2D eigenvalue weighted by Gasteiger charge is -2.19. The first-order chi connectivity index (χ1) is 12.5. The van der Waals surface area contributed by atoms with Crippen molar-refractivity contribution < 1.29 is 19.4 Å². The zero-order chi connectivity index (χ0) is 18.9. The van der Waals surface area contributed by atoms with Gasteiger partial charge < -0.3 is 19.9 Å². The van der Waals surface area contributed by atoms with Crippen LogP contribution in [0.5, 0.6) is 5.75 Å². The molecule has 0 aromatic heterocycles. The minimum atomic E-state index is -0.356. The van der Waals surface area contributed by atoms with Crippen LogP contribution in [0.4, 0.5) is 0 Å². The summed E-state index contributed by atoms with van der Waals surface area (Å²) in [4.78, 5) is 12.0. The van der Waals surface area contributed by atoms with Gasteiger partial charge in [-0.1, -0.05) is 53.0 Å². The molecule has 2 N–H and O–H groups in total. The number of rotatable bonds is 9. The van der Waals surface area contributed by atoms with Crippen molar-refractivity contribution in [2.24, 2.45) is 0 Å². The molecular weight excluding hydrogens is 377 g/mol. The molecule has 0 radical (unpaired) electrons. The Kier molecular flexibility index (Phi) is 8.19. The number of carbonyl (C=O) groups excluding carboxylic acids is 1. The van der Waals surface area contributed by atoms with E-state index in [4.69, 9.17) is 37.8 Å². The second-order valence-corrected chi connectivity index (χ2v) is 6.50. The molecule has 0 aliphatic heterocycles.